The third-order valence-electron chi connectivity index (χ3n) is 2.16. The highest BCUT2D eigenvalue weighted by Gasteiger charge is 2.15. The maximum atomic E-state index is 10.7. The number of hydrogen-bond donors (Lipinski definition) is 1. The fourth-order valence-corrected chi connectivity index (χ4v) is 1.29. The van der Waals surface area contributed by atoms with E-state index in [1.54, 1.807) is 0 Å². The van der Waals surface area contributed by atoms with Gasteiger partial charge in [0.1, 0.15) is 0 Å². The Morgan fingerprint density at radius 2 is 1.54 bits per heavy atom. The van der Waals surface area contributed by atoms with Crippen molar-refractivity contribution >= 4 is 29.0 Å². The van der Waals surface area contributed by atoms with Crippen molar-refractivity contribution in [2.24, 2.45) is 5.92 Å². The Labute approximate surface area is 97.2 Å². The van der Waals surface area contributed by atoms with Crippen molar-refractivity contribution in [3.05, 3.63) is 0 Å². The number of unbranched alkanes of at least 4 members (excludes halogenated alkanes) is 2. The van der Waals surface area contributed by atoms with Crippen molar-refractivity contribution in [3.63, 3.8) is 0 Å². The molecule has 0 aliphatic rings. The second-order valence-corrected chi connectivity index (χ2v) is 3.32. The lowest BCUT2D eigenvalue weighted by Crippen LogP contribution is -2.13. The molecule has 0 radical (unpaired) electrons. The van der Waals surface area contributed by atoms with Crippen LogP contribution in [-0.4, -0.2) is 34.1 Å². The maximum Gasteiger partial charge on any atom is 0.316 e. The summed E-state index contributed by atoms with van der Waals surface area (Å²) in [7, 11) is 0. The second kappa shape index (κ2) is 10.3. The van der Waals surface area contributed by atoms with Gasteiger partial charge >= 0.3 is 29.0 Å². The highest BCUT2D eigenvalue weighted by atomic mass is 24.3. The van der Waals surface area contributed by atoms with Gasteiger partial charge < -0.3 is 5.11 Å². The minimum atomic E-state index is -0.614. The lowest BCUT2D eigenvalue weighted by atomic mass is 9.96. The van der Waals surface area contributed by atoms with Gasteiger partial charge in [-0.15, -0.1) is 0 Å². The first-order chi connectivity index (χ1) is 5.72. The summed E-state index contributed by atoms with van der Waals surface area (Å²) in [5, 5.41) is 8.83. The molecule has 76 valence electrons. The molecule has 0 bridgehead atoms. The van der Waals surface area contributed by atoms with Gasteiger partial charge in [-0.25, -0.2) is 0 Å². The molecule has 0 aromatic carbocycles. The molecule has 0 amide bonds. The molecule has 0 saturated carbocycles. The van der Waals surface area contributed by atoms with Crippen LogP contribution in [0.15, 0.2) is 0 Å². The maximum absolute atomic E-state index is 10.7. The Morgan fingerprint density at radius 3 is 1.77 bits per heavy atom. The van der Waals surface area contributed by atoms with Crippen LogP contribution in [0.3, 0.4) is 0 Å². The first-order valence-corrected chi connectivity index (χ1v) is 4.95. The van der Waals surface area contributed by atoms with Crippen LogP contribution >= 0.6 is 0 Å². The topological polar surface area (TPSA) is 37.3 Å². The molecule has 0 aliphatic heterocycles. The van der Waals surface area contributed by atoms with Crippen LogP contribution in [-0.2, 0) is 4.79 Å². The van der Waals surface area contributed by atoms with E-state index >= 15 is 0 Å². The van der Waals surface area contributed by atoms with E-state index in [-0.39, 0.29) is 29.0 Å². The van der Waals surface area contributed by atoms with E-state index in [9.17, 15) is 4.79 Å². The summed E-state index contributed by atoms with van der Waals surface area (Å²) in [6.45, 7) is 4.19. The summed E-state index contributed by atoms with van der Waals surface area (Å²) in [6, 6.07) is 0. The minimum absolute atomic E-state index is 0. The van der Waals surface area contributed by atoms with Crippen LogP contribution in [0.2, 0.25) is 0 Å². The van der Waals surface area contributed by atoms with E-state index in [2.05, 4.69) is 13.8 Å². The lowest BCUT2D eigenvalue weighted by Gasteiger charge is -2.10. The molecule has 0 heterocycles. The van der Waals surface area contributed by atoms with E-state index in [1.165, 1.54) is 0 Å². The molecule has 1 N–H and O–H groups in total. The molecule has 3 heteroatoms. The zero-order chi connectivity index (χ0) is 9.40. The van der Waals surface area contributed by atoms with Crippen LogP contribution in [0.25, 0.3) is 0 Å². The summed E-state index contributed by atoms with van der Waals surface area (Å²) in [6.07, 6.45) is 5.98. The Bertz CT molecular complexity index is 118. The average Bonchev–Trinajstić information content (AvgIpc) is 2.04. The van der Waals surface area contributed by atoms with Gasteiger partial charge in [0.15, 0.2) is 0 Å². The Morgan fingerprint density at radius 1 is 1.15 bits per heavy atom. The first kappa shape index (κ1) is 15.7. The Kier molecular flexibility index (Phi) is 12.5. The van der Waals surface area contributed by atoms with Crippen LogP contribution in [0.4, 0.5) is 0 Å². The van der Waals surface area contributed by atoms with Crippen molar-refractivity contribution in [3.8, 4) is 0 Å². The van der Waals surface area contributed by atoms with Gasteiger partial charge in [0.05, 0.1) is 5.92 Å². The monoisotopic (exact) mass is 198 g/mol. The zero-order valence-corrected chi connectivity index (χ0v) is 8.18. The molecular formula is C10H22MgO2. The van der Waals surface area contributed by atoms with Crippen molar-refractivity contribution in [1.82, 2.24) is 0 Å². The SMILES string of the molecule is CCCCC(CCCC)C(=O)O.[MgH2]. The van der Waals surface area contributed by atoms with Gasteiger partial charge in [0.25, 0.3) is 0 Å². The Balaban J connectivity index is 0. The van der Waals surface area contributed by atoms with Gasteiger partial charge in [-0.3, -0.25) is 4.79 Å². The Hall–Kier alpha value is 0.236. The van der Waals surface area contributed by atoms with E-state index in [0.29, 0.717) is 0 Å². The molecular weight excluding hydrogens is 176 g/mol. The van der Waals surface area contributed by atoms with E-state index in [0.717, 1.165) is 38.5 Å². The van der Waals surface area contributed by atoms with Gasteiger partial charge in [-0.05, 0) is 12.8 Å². The summed E-state index contributed by atoms with van der Waals surface area (Å²) in [5.41, 5.74) is 0. The number of hydrogen-bond acceptors (Lipinski definition) is 1. The van der Waals surface area contributed by atoms with Gasteiger partial charge in [0, 0.05) is 0 Å². The van der Waals surface area contributed by atoms with E-state index in [1.807, 2.05) is 0 Å². The third kappa shape index (κ3) is 8.56. The zero-order valence-electron chi connectivity index (χ0n) is 8.18. The molecule has 0 spiro atoms. The predicted octanol–water partition coefficient (Wildman–Crippen LogP) is 2.15. The largest absolute Gasteiger partial charge is 0.481 e. The van der Waals surface area contributed by atoms with E-state index < -0.39 is 5.97 Å². The van der Waals surface area contributed by atoms with Crippen molar-refractivity contribution < 1.29 is 9.90 Å². The fourth-order valence-electron chi connectivity index (χ4n) is 1.29. The quantitative estimate of drug-likeness (QED) is 0.637. The molecule has 13 heavy (non-hydrogen) atoms. The molecule has 0 rings (SSSR count). The number of aliphatic carboxylic acids is 1. The van der Waals surface area contributed by atoms with Crippen LogP contribution < -0.4 is 0 Å². The smallest absolute Gasteiger partial charge is 0.316 e. The highest BCUT2D eigenvalue weighted by molar-refractivity contribution is 5.75. The summed E-state index contributed by atoms with van der Waals surface area (Å²) in [5.74, 6) is -0.707. The summed E-state index contributed by atoms with van der Waals surface area (Å²) >= 11 is 0. The van der Waals surface area contributed by atoms with Gasteiger partial charge in [-0.2, -0.15) is 0 Å². The van der Waals surface area contributed by atoms with Crippen LogP contribution in [0.5, 0.6) is 0 Å². The fraction of sp³-hybridized carbons (Fsp3) is 0.900. The number of carbonyl (C=O) groups is 1. The molecule has 0 aromatic heterocycles. The standard InChI is InChI=1S/C10H20O2.Mg.2H/c1-3-5-7-9(10(11)12)8-6-4-2;;;/h9H,3-8H2,1-2H3,(H,11,12);;;. The third-order valence-corrected chi connectivity index (χ3v) is 2.16. The predicted molar refractivity (Wildman–Crippen MR) is 58.7 cm³/mol. The first-order valence-electron chi connectivity index (χ1n) is 4.95. The number of rotatable bonds is 7. The lowest BCUT2D eigenvalue weighted by molar-refractivity contribution is -0.142. The molecule has 0 saturated heterocycles. The van der Waals surface area contributed by atoms with Crippen molar-refractivity contribution in [2.75, 3.05) is 0 Å². The van der Waals surface area contributed by atoms with Crippen LogP contribution in [0, 0.1) is 5.92 Å². The summed E-state index contributed by atoms with van der Waals surface area (Å²) in [4.78, 5) is 10.7. The molecule has 0 atom stereocenters. The van der Waals surface area contributed by atoms with Gasteiger partial charge in [0.2, 0.25) is 0 Å². The molecule has 0 aromatic rings. The molecule has 0 fully saturated rings. The molecule has 0 aliphatic carbocycles. The van der Waals surface area contributed by atoms with Crippen molar-refractivity contribution in [1.29, 1.82) is 0 Å². The second-order valence-electron chi connectivity index (χ2n) is 3.32. The minimum Gasteiger partial charge on any atom is -0.481 e. The normalized spacial score (nSPS) is 9.77. The molecule has 0 unspecified atom stereocenters. The molecule has 2 nitrogen and oxygen atoms in total. The van der Waals surface area contributed by atoms with Gasteiger partial charge in [-0.1, -0.05) is 39.5 Å². The van der Waals surface area contributed by atoms with Crippen LogP contribution in [0.1, 0.15) is 52.4 Å². The highest BCUT2D eigenvalue weighted by Crippen LogP contribution is 2.15. The number of carboxylic acids is 1. The number of carboxylic acid groups (broad SMARTS) is 1. The van der Waals surface area contributed by atoms with Crippen molar-refractivity contribution in [2.45, 2.75) is 52.4 Å². The van der Waals surface area contributed by atoms with E-state index in [4.69, 9.17) is 5.11 Å². The summed E-state index contributed by atoms with van der Waals surface area (Å²) < 4.78 is 0. The average molecular weight is 199 g/mol.